The Morgan fingerprint density at radius 1 is 0.846 bits per heavy atom. The van der Waals surface area contributed by atoms with Crippen LogP contribution < -0.4 is 19.1 Å². The summed E-state index contributed by atoms with van der Waals surface area (Å²) >= 11 is 0. The van der Waals surface area contributed by atoms with E-state index in [-0.39, 0.29) is 17.6 Å². The lowest BCUT2D eigenvalue weighted by molar-refractivity contribution is -0.134. The molecule has 1 saturated heterocycles. The van der Waals surface area contributed by atoms with E-state index in [4.69, 9.17) is 14.2 Å². The molecule has 2 amide bonds. The Morgan fingerprint density at radius 3 is 2.05 bits per heavy atom. The van der Waals surface area contributed by atoms with Crippen molar-refractivity contribution >= 4 is 17.5 Å². The van der Waals surface area contributed by atoms with Crippen LogP contribution in [0, 0.1) is 5.82 Å². The first-order chi connectivity index (χ1) is 18.9. The number of ether oxygens (including phenoxy) is 3. The molecule has 0 spiro atoms. The number of carbonyl (C=O) groups excluding carboxylic acids is 2. The summed E-state index contributed by atoms with van der Waals surface area (Å²) < 4.78 is 29.8. The van der Waals surface area contributed by atoms with Crippen LogP contribution in [0.3, 0.4) is 0 Å². The predicted octanol–water partition coefficient (Wildman–Crippen LogP) is 4.11. The highest BCUT2D eigenvalue weighted by Gasteiger charge is 2.45. The van der Waals surface area contributed by atoms with E-state index in [9.17, 15) is 14.0 Å². The molecule has 3 aromatic carbocycles. The van der Waals surface area contributed by atoms with Crippen molar-refractivity contribution in [1.29, 1.82) is 0 Å². The summed E-state index contributed by atoms with van der Waals surface area (Å²) in [6.07, 6.45) is 0. The summed E-state index contributed by atoms with van der Waals surface area (Å²) in [6, 6.07) is 16.7. The van der Waals surface area contributed by atoms with Gasteiger partial charge in [0.15, 0.2) is 11.5 Å². The summed E-state index contributed by atoms with van der Waals surface area (Å²) in [5, 5.41) is 0. The van der Waals surface area contributed by atoms with Crippen LogP contribution in [-0.2, 0) is 4.79 Å². The van der Waals surface area contributed by atoms with Crippen molar-refractivity contribution in [3.05, 3.63) is 83.2 Å². The molecule has 2 aliphatic rings. The number of halogens is 1. The minimum absolute atomic E-state index is 0.0672. The molecule has 0 bridgehead atoms. The molecule has 9 heteroatoms. The van der Waals surface area contributed by atoms with Crippen LogP contribution in [0.15, 0.2) is 60.7 Å². The second kappa shape index (κ2) is 10.8. The molecule has 0 aromatic heterocycles. The Kier molecular flexibility index (Phi) is 7.32. The maximum Gasteiger partial charge on any atom is 0.254 e. The van der Waals surface area contributed by atoms with Crippen LogP contribution in [0.1, 0.15) is 33.4 Å². The molecule has 0 radical (unpaired) electrons. The maximum atomic E-state index is 14.3. The molecule has 0 saturated carbocycles. The molecule has 1 fully saturated rings. The lowest BCUT2D eigenvalue weighted by atomic mass is 9.78. The van der Waals surface area contributed by atoms with Crippen molar-refractivity contribution in [2.24, 2.45) is 0 Å². The van der Waals surface area contributed by atoms with Crippen molar-refractivity contribution in [2.45, 2.75) is 12.0 Å². The van der Waals surface area contributed by atoms with E-state index in [0.717, 1.165) is 11.3 Å². The first kappa shape index (κ1) is 26.3. The van der Waals surface area contributed by atoms with E-state index < -0.39 is 12.0 Å². The fourth-order valence-corrected chi connectivity index (χ4v) is 5.57. The van der Waals surface area contributed by atoms with Gasteiger partial charge in [-0.25, -0.2) is 4.39 Å². The second-order valence-electron chi connectivity index (χ2n) is 9.69. The van der Waals surface area contributed by atoms with Gasteiger partial charge in [-0.2, -0.15) is 0 Å². The van der Waals surface area contributed by atoms with Gasteiger partial charge >= 0.3 is 0 Å². The predicted molar refractivity (Wildman–Crippen MR) is 145 cm³/mol. The summed E-state index contributed by atoms with van der Waals surface area (Å²) in [5.41, 5.74) is 2.78. The van der Waals surface area contributed by atoms with Gasteiger partial charge in [0, 0.05) is 44.5 Å². The highest BCUT2D eigenvalue weighted by atomic mass is 19.1. The molecule has 3 aromatic rings. The second-order valence-corrected chi connectivity index (χ2v) is 9.69. The monoisotopic (exact) mass is 533 g/mol. The van der Waals surface area contributed by atoms with E-state index in [0.29, 0.717) is 54.6 Å². The van der Waals surface area contributed by atoms with Crippen LogP contribution >= 0.6 is 0 Å². The van der Waals surface area contributed by atoms with E-state index in [2.05, 4.69) is 4.90 Å². The number of fused-ring (bicyclic) bond motifs is 1. The molecule has 5 rings (SSSR count). The van der Waals surface area contributed by atoms with Gasteiger partial charge in [-0.15, -0.1) is 0 Å². The van der Waals surface area contributed by atoms with Crippen LogP contribution in [0.2, 0.25) is 0 Å². The number of amides is 2. The largest absolute Gasteiger partial charge is 0.497 e. The van der Waals surface area contributed by atoms with Gasteiger partial charge in [0.05, 0.1) is 33.3 Å². The molecule has 0 unspecified atom stereocenters. The number of rotatable bonds is 6. The summed E-state index contributed by atoms with van der Waals surface area (Å²) in [7, 11) is 6.38. The Labute approximate surface area is 227 Å². The number of anilines is 1. The van der Waals surface area contributed by atoms with Gasteiger partial charge in [0.25, 0.3) is 5.91 Å². The molecule has 0 N–H and O–H groups in total. The number of methoxy groups -OCH3 is 3. The number of hydrogen-bond donors (Lipinski definition) is 0. The summed E-state index contributed by atoms with van der Waals surface area (Å²) in [6.45, 7) is 2.24. The molecule has 0 aliphatic carbocycles. The summed E-state index contributed by atoms with van der Waals surface area (Å²) in [5.74, 6) is 0.377. The fraction of sp³-hybridized carbons (Fsp3) is 0.333. The van der Waals surface area contributed by atoms with Crippen LogP contribution in [0.25, 0.3) is 0 Å². The van der Waals surface area contributed by atoms with Crippen LogP contribution in [-0.4, -0.2) is 76.2 Å². The number of hydrogen-bond acceptors (Lipinski definition) is 6. The average molecular weight is 534 g/mol. The van der Waals surface area contributed by atoms with Gasteiger partial charge in [-0.1, -0.05) is 12.1 Å². The van der Waals surface area contributed by atoms with Gasteiger partial charge < -0.3 is 28.9 Å². The van der Waals surface area contributed by atoms with Crippen LogP contribution in [0.4, 0.5) is 10.1 Å². The third-order valence-corrected chi connectivity index (χ3v) is 7.68. The quantitative estimate of drug-likeness (QED) is 0.475. The SMILES string of the molecule is COc1ccc([C@H]2[C@@H](C(=O)N3CCN(c4ccc(F)cc4)CC3)c3cc(OC)c(OC)cc3C(=O)N2C)cc1. The topological polar surface area (TPSA) is 71.5 Å². The van der Waals surface area contributed by atoms with Gasteiger partial charge in [0.2, 0.25) is 5.91 Å². The van der Waals surface area contributed by atoms with Crippen molar-refractivity contribution in [1.82, 2.24) is 9.80 Å². The molecule has 2 atom stereocenters. The highest BCUT2D eigenvalue weighted by molar-refractivity contribution is 6.02. The summed E-state index contributed by atoms with van der Waals surface area (Å²) in [4.78, 5) is 33.6. The minimum atomic E-state index is -0.659. The van der Waals surface area contributed by atoms with Gasteiger partial charge in [0.1, 0.15) is 11.6 Å². The van der Waals surface area contributed by atoms with Crippen molar-refractivity contribution in [3.8, 4) is 17.2 Å². The molecule has 39 heavy (non-hydrogen) atoms. The van der Waals surface area contributed by atoms with E-state index in [1.165, 1.54) is 26.4 Å². The van der Waals surface area contributed by atoms with E-state index in [1.54, 1.807) is 43.3 Å². The Balaban J connectivity index is 1.52. The van der Waals surface area contributed by atoms with Gasteiger partial charge in [-0.3, -0.25) is 9.59 Å². The Bertz CT molecular complexity index is 1350. The molecular formula is C30H32FN3O5. The number of carbonyl (C=O) groups is 2. The molecule has 2 heterocycles. The number of piperazine rings is 1. The first-order valence-corrected chi connectivity index (χ1v) is 12.8. The van der Waals surface area contributed by atoms with E-state index in [1.807, 2.05) is 29.2 Å². The fourth-order valence-electron chi connectivity index (χ4n) is 5.57. The zero-order valence-electron chi connectivity index (χ0n) is 22.5. The Morgan fingerprint density at radius 2 is 1.46 bits per heavy atom. The first-order valence-electron chi connectivity index (χ1n) is 12.8. The number of benzene rings is 3. The number of likely N-dealkylation sites (N-methyl/N-ethyl adjacent to an activating group) is 1. The third kappa shape index (κ3) is 4.84. The van der Waals surface area contributed by atoms with Crippen molar-refractivity contribution in [3.63, 3.8) is 0 Å². The lowest BCUT2D eigenvalue weighted by Gasteiger charge is -2.43. The highest BCUT2D eigenvalue weighted by Crippen LogP contribution is 2.46. The zero-order valence-corrected chi connectivity index (χ0v) is 22.5. The van der Waals surface area contributed by atoms with Crippen LogP contribution in [0.5, 0.6) is 17.2 Å². The molecule has 8 nitrogen and oxygen atoms in total. The molecular weight excluding hydrogens is 501 g/mol. The third-order valence-electron chi connectivity index (χ3n) is 7.68. The van der Waals surface area contributed by atoms with Gasteiger partial charge in [-0.05, 0) is 59.7 Å². The smallest absolute Gasteiger partial charge is 0.254 e. The van der Waals surface area contributed by atoms with E-state index >= 15 is 0 Å². The van der Waals surface area contributed by atoms with Crippen molar-refractivity contribution in [2.75, 3.05) is 59.5 Å². The zero-order chi connectivity index (χ0) is 27.7. The lowest BCUT2D eigenvalue weighted by Crippen LogP contribution is -2.53. The Hall–Kier alpha value is -4.27. The number of nitrogens with zero attached hydrogens (tertiary/aromatic N) is 3. The molecule has 204 valence electrons. The maximum absolute atomic E-state index is 14.3. The normalized spacial score (nSPS) is 19.0. The van der Waals surface area contributed by atoms with Crippen molar-refractivity contribution < 1.29 is 28.2 Å². The minimum Gasteiger partial charge on any atom is -0.497 e. The average Bonchev–Trinajstić information content (AvgIpc) is 2.98. The molecule has 2 aliphatic heterocycles. The standard InChI is InChI=1S/C30H32FN3O5/c1-32-28(19-5-11-22(37-2)12-6-19)27(23-17-25(38-3)26(39-4)18-24(23)29(32)35)30(36)34-15-13-33(14-16-34)21-9-7-20(31)8-10-21/h5-12,17-18,27-28H,13-16H2,1-4H3/t27-,28-/m0/s1.